The molecule has 18 heteroatoms. The topological polar surface area (TPSA) is 20.2 Å². The molecule has 0 aliphatic rings. The molecule has 35 heavy (non-hydrogen) atoms. The summed E-state index contributed by atoms with van der Waals surface area (Å²) in [6, 6.07) is 5.62. The van der Waals surface area contributed by atoms with Crippen molar-refractivity contribution in [1.82, 2.24) is 0 Å². The van der Waals surface area contributed by atoms with Crippen LogP contribution in [0.5, 0.6) is 0 Å². The van der Waals surface area contributed by atoms with Gasteiger partial charge in [0.2, 0.25) is 0 Å². The van der Waals surface area contributed by atoms with Crippen molar-refractivity contribution in [2.45, 2.75) is 66.6 Å². The quantitative estimate of drug-likeness (QED) is 0.297. The third-order valence-corrected chi connectivity index (χ3v) is 4.70. The first kappa shape index (κ1) is 31.0. The lowest BCUT2D eigenvalue weighted by molar-refractivity contribution is -0.461. The van der Waals surface area contributed by atoms with E-state index < -0.39 is 66.6 Å². The number of rotatable bonds is 10. The fourth-order valence-electron chi connectivity index (χ4n) is 2.51. The fourth-order valence-corrected chi connectivity index (χ4v) is 2.51. The Morgan fingerprint density at radius 2 is 0.857 bits per heavy atom. The van der Waals surface area contributed by atoms with Gasteiger partial charge < -0.3 is 5.11 Å². The normalized spacial score (nSPS) is 16.4. The van der Waals surface area contributed by atoms with Crippen molar-refractivity contribution in [3.05, 3.63) is 35.9 Å². The van der Waals surface area contributed by atoms with Crippen LogP contribution in [-0.2, 0) is 0 Å². The second-order valence-electron chi connectivity index (χ2n) is 7.11. The predicted molar refractivity (Wildman–Crippen MR) is 81.3 cm³/mol. The van der Waals surface area contributed by atoms with Crippen LogP contribution in [0.3, 0.4) is 0 Å². The van der Waals surface area contributed by atoms with E-state index in [4.69, 9.17) is 0 Å². The Morgan fingerprint density at radius 1 is 0.514 bits per heavy atom. The lowest BCUT2D eigenvalue weighted by atomic mass is 9.87. The van der Waals surface area contributed by atoms with Crippen LogP contribution in [-0.4, -0.2) is 52.7 Å². The standard InChI is InChI=1S/C17H11F17O/c18-10(19,7-6-9(35)8-4-2-1-3-5-8)11(20,21)12(22,23)13(24,25)14(26,27)15(28,29)16(30,31)17(32,33)34/h1-5,9,35H,6-7H2. The SMILES string of the molecule is OC(CCC(F)(F)C(F)(F)C(F)(F)C(F)(F)C(F)(F)C(F)(F)C(F)(F)C(F)(F)F)c1ccccc1. The molecular formula is C17H11F17O. The molecule has 0 bridgehead atoms. The molecule has 1 atom stereocenters. The lowest BCUT2D eigenvalue weighted by Crippen LogP contribution is -2.74. The maximum atomic E-state index is 13.8. The average Bonchev–Trinajstić information content (AvgIpc) is 2.70. The van der Waals surface area contributed by atoms with Crippen LogP contribution >= 0.6 is 0 Å². The van der Waals surface area contributed by atoms with Gasteiger partial charge in [-0.1, -0.05) is 30.3 Å². The maximum Gasteiger partial charge on any atom is 0.460 e. The molecule has 0 saturated carbocycles. The van der Waals surface area contributed by atoms with E-state index in [2.05, 4.69) is 0 Å². The van der Waals surface area contributed by atoms with E-state index in [1.54, 1.807) is 0 Å². The third-order valence-electron chi connectivity index (χ3n) is 4.70. The lowest BCUT2D eigenvalue weighted by Gasteiger charge is -2.42. The molecule has 1 nitrogen and oxygen atoms in total. The van der Waals surface area contributed by atoms with E-state index in [-0.39, 0.29) is 5.56 Å². The largest absolute Gasteiger partial charge is 0.460 e. The van der Waals surface area contributed by atoms with Gasteiger partial charge in [-0.05, 0) is 12.0 Å². The molecule has 0 heterocycles. The number of benzene rings is 1. The molecule has 0 aliphatic heterocycles. The van der Waals surface area contributed by atoms with E-state index in [1.165, 1.54) is 18.2 Å². The van der Waals surface area contributed by atoms with Crippen LogP contribution in [0.1, 0.15) is 24.5 Å². The van der Waals surface area contributed by atoms with Gasteiger partial charge in [-0.25, -0.2) is 0 Å². The van der Waals surface area contributed by atoms with Crippen LogP contribution in [0.2, 0.25) is 0 Å². The van der Waals surface area contributed by atoms with Crippen LogP contribution < -0.4 is 0 Å². The Bertz CT molecular complexity index is 859. The number of aliphatic hydroxyl groups excluding tert-OH is 1. The zero-order valence-electron chi connectivity index (χ0n) is 16.3. The molecule has 1 N–H and O–H groups in total. The molecule has 204 valence electrons. The van der Waals surface area contributed by atoms with Crippen molar-refractivity contribution in [2.24, 2.45) is 0 Å². The van der Waals surface area contributed by atoms with Crippen LogP contribution in [0.4, 0.5) is 74.6 Å². The highest BCUT2D eigenvalue weighted by Gasteiger charge is 2.95. The minimum absolute atomic E-state index is 0.302. The van der Waals surface area contributed by atoms with Gasteiger partial charge in [0, 0.05) is 6.42 Å². The van der Waals surface area contributed by atoms with Gasteiger partial charge in [-0.15, -0.1) is 0 Å². The van der Waals surface area contributed by atoms with Crippen molar-refractivity contribution in [1.29, 1.82) is 0 Å². The summed E-state index contributed by atoms with van der Waals surface area (Å²) in [7, 11) is 0. The minimum atomic E-state index is -8.65. The zero-order chi connectivity index (χ0) is 28.1. The molecule has 0 fully saturated rings. The summed E-state index contributed by atoms with van der Waals surface area (Å²) in [5.41, 5.74) is -0.302. The monoisotopic (exact) mass is 554 g/mol. The Morgan fingerprint density at radius 3 is 1.23 bits per heavy atom. The van der Waals surface area contributed by atoms with Crippen molar-refractivity contribution < 1.29 is 79.7 Å². The third kappa shape index (κ3) is 4.61. The van der Waals surface area contributed by atoms with Crippen LogP contribution in [0.15, 0.2) is 30.3 Å². The second-order valence-corrected chi connectivity index (χ2v) is 7.11. The number of hydrogen-bond donors (Lipinski definition) is 1. The maximum absolute atomic E-state index is 13.8. The van der Waals surface area contributed by atoms with Crippen molar-refractivity contribution in [3.63, 3.8) is 0 Å². The van der Waals surface area contributed by atoms with E-state index in [9.17, 15) is 79.7 Å². The molecule has 1 aromatic rings. The van der Waals surface area contributed by atoms with Gasteiger partial charge in [0.15, 0.2) is 0 Å². The second kappa shape index (κ2) is 8.83. The summed E-state index contributed by atoms with van der Waals surface area (Å²) >= 11 is 0. The number of halogens is 17. The average molecular weight is 554 g/mol. The summed E-state index contributed by atoms with van der Waals surface area (Å²) < 4.78 is 224. The highest BCUT2D eigenvalue weighted by molar-refractivity contribution is 5.18. The smallest absolute Gasteiger partial charge is 0.388 e. The zero-order valence-corrected chi connectivity index (χ0v) is 16.3. The van der Waals surface area contributed by atoms with E-state index in [0.29, 0.717) is 0 Å². The van der Waals surface area contributed by atoms with Gasteiger partial charge in [0.05, 0.1) is 6.10 Å². The molecule has 0 saturated heterocycles. The van der Waals surface area contributed by atoms with Crippen LogP contribution in [0.25, 0.3) is 0 Å². The Labute approximate surface area is 183 Å². The highest BCUT2D eigenvalue weighted by atomic mass is 19.4. The fraction of sp³-hybridized carbons (Fsp3) is 0.647. The molecule has 0 spiro atoms. The summed E-state index contributed by atoms with van der Waals surface area (Å²) in [6.45, 7) is 0. The Hall–Kier alpha value is -2.01. The summed E-state index contributed by atoms with van der Waals surface area (Å²) in [5.74, 6) is -56.5. The van der Waals surface area contributed by atoms with Gasteiger partial charge in [-0.2, -0.15) is 74.6 Å². The number of hydrogen-bond acceptors (Lipinski definition) is 1. The van der Waals surface area contributed by atoms with Gasteiger partial charge in [0.25, 0.3) is 0 Å². The Balaban J connectivity index is 3.41. The summed E-state index contributed by atoms with van der Waals surface area (Å²) in [6.07, 6.45) is -14.2. The molecule has 0 radical (unpaired) electrons. The summed E-state index contributed by atoms with van der Waals surface area (Å²) in [4.78, 5) is 0. The molecular weight excluding hydrogens is 543 g/mol. The predicted octanol–water partition coefficient (Wildman–Crippen LogP) is 7.51. The van der Waals surface area contributed by atoms with Gasteiger partial charge in [-0.3, -0.25) is 0 Å². The minimum Gasteiger partial charge on any atom is -0.388 e. The van der Waals surface area contributed by atoms with E-state index >= 15 is 0 Å². The molecule has 0 aliphatic carbocycles. The molecule has 0 aromatic heterocycles. The van der Waals surface area contributed by atoms with E-state index in [1.807, 2.05) is 0 Å². The van der Waals surface area contributed by atoms with Crippen LogP contribution in [0, 0.1) is 0 Å². The van der Waals surface area contributed by atoms with Crippen molar-refractivity contribution in [3.8, 4) is 0 Å². The first-order valence-corrected chi connectivity index (χ1v) is 8.68. The van der Waals surface area contributed by atoms with E-state index in [0.717, 1.165) is 12.1 Å². The van der Waals surface area contributed by atoms with Gasteiger partial charge >= 0.3 is 47.6 Å². The van der Waals surface area contributed by atoms with Crippen molar-refractivity contribution in [2.75, 3.05) is 0 Å². The summed E-state index contributed by atoms with van der Waals surface area (Å²) in [5, 5.41) is 9.59. The number of alkyl halides is 17. The molecule has 0 amide bonds. The molecule has 1 unspecified atom stereocenters. The van der Waals surface area contributed by atoms with Crippen molar-refractivity contribution >= 4 is 0 Å². The Kier molecular flexibility index (Phi) is 7.82. The first-order chi connectivity index (χ1) is 15.2. The molecule has 1 aromatic carbocycles. The number of aliphatic hydroxyl groups is 1. The highest BCUT2D eigenvalue weighted by Crippen LogP contribution is 2.64. The molecule has 1 rings (SSSR count). The van der Waals surface area contributed by atoms with Gasteiger partial charge in [0.1, 0.15) is 0 Å². The first-order valence-electron chi connectivity index (χ1n) is 8.68.